The van der Waals surface area contributed by atoms with Gasteiger partial charge in [-0.2, -0.15) is 0 Å². The number of nitrogens with one attached hydrogen (secondary N) is 3. The predicted molar refractivity (Wildman–Crippen MR) is 137 cm³/mol. The van der Waals surface area contributed by atoms with Crippen molar-refractivity contribution in [1.82, 2.24) is 25.8 Å². The molecule has 0 fully saturated rings. The van der Waals surface area contributed by atoms with Crippen molar-refractivity contribution in [3.05, 3.63) is 95.3 Å². The van der Waals surface area contributed by atoms with Gasteiger partial charge in [-0.15, -0.1) is 0 Å². The van der Waals surface area contributed by atoms with E-state index in [1.165, 1.54) is 12.4 Å². The number of nitrogens with zero attached hydrogens (tertiary/aromatic N) is 2. The molecule has 5 aromatic rings. The third-order valence-electron chi connectivity index (χ3n) is 5.81. The Bertz CT molecular complexity index is 1530. The van der Waals surface area contributed by atoms with Gasteiger partial charge in [-0.05, 0) is 60.9 Å². The van der Waals surface area contributed by atoms with Gasteiger partial charge in [0.05, 0.1) is 16.9 Å². The number of benzene rings is 2. The summed E-state index contributed by atoms with van der Waals surface area (Å²) in [4.78, 5) is 36.7. The molecule has 0 bridgehead atoms. The maximum atomic E-state index is 12.3. The molecule has 0 unspecified atom stereocenters. The fraction of sp³-hybridized carbons (Fsp3) is 0.111. The zero-order chi connectivity index (χ0) is 24.2. The van der Waals surface area contributed by atoms with E-state index in [0.717, 1.165) is 38.8 Å². The van der Waals surface area contributed by atoms with Gasteiger partial charge in [0.1, 0.15) is 0 Å². The van der Waals surface area contributed by atoms with Gasteiger partial charge in [0.15, 0.2) is 0 Å². The summed E-state index contributed by atoms with van der Waals surface area (Å²) in [6, 6.07) is 20.9. The molecule has 0 radical (unpaired) electrons. The minimum absolute atomic E-state index is 0.244. The highest BCUT2D eigenvalue weighted by molar-refractivity contribution is 6.31. The first-order chi connectivity index (χ1) is 17.1. The molecule has 0 aliphatic rings. The third kappa shape index (κ3) is 5.00. The number of rotatable bonds is 6. The highest BCUT2D eigenvalue weighted by atomic mass is 35.5. The van der Waals surface area contributed by atoms with E-state index in [1.807, 2.05) is 48.5 Å². The number of hydrazine groups is 1. The molecule has 3 N–H and O–H groups in total. The molecule has 5 rings (SSSR count). The van der Waals surface area contributed by atoms with Gasteiger partial charge < -0.3 is 4.98 Å². The first-order valence-electron chi connectivity index (χ1n) is 11.2. The van der Waals surface area contributed by atoms with Crippen LogP contribution >= 0.6 is 11.6 Å². The van der Waals surface area contributed by atoms with Crippen LogP contribution in [-0.4, -0.2) is 26.8 Å². The molecule has 0 aliphatic carbocycles. The van der Waals surface area contributed by atoms with Crippen LogP contribution in [0.25, 0.3) is 33.2 Å². The Kier molecular flexibility index (Phi) is 6.41. The van der Waals surface area contributed by atoms with Gasteiger partial charge in [0.2, 0.25) is 5.91 Å². The Labute approximate surface area is 206 Å². The van der Waals surface area contributed by atoms with E-state index in [0.29, 0.717) is 23.4 Å². The fourth-order valence-corrected chi connectivity index (χ4v) is 4.27. The lowest BCUT2D eigenvalue weighted by molar-refractivity contribution is -0.121. The standard InChI is InChI=1S/C27H22ClN5O2/c28-19-9-11-23-21(16-19)20(26(31-23)24-10-8-17-4-1-2-6-22(17)30-24)5-3-7-25(34)32-33-27(35)18-12-14-29-15-13-18/h1-2,4,6,8-16,31H,3,5,7H2,(H,32,34)(H,33,35). The monoisotopic (exact) mass is 483 g/mol. The second-order valence-electron chi connectivity index (χ2n) is 8.15. The number of amides is 2. The molecule has 7 nitrogen and oxygen atoms in total. The number of aromatic amines is 1. The third-order valence-corrected chi connectivity index (χ3v) is 6.05. The zero-order valence-corrected chi connectivity index (χ0v) is 19.5. The van der Waals surface area contributed by atoms with Crippen molar-refractivity contribution in [3.63, 3.8) is 0 Å². The number of hydrogen-bond donors (Lipinski definition) is 3. The Morgan fingerprint density at radius 3 is 2.63 bits per heavy atom. The number of pyridine rings is 2. The normalized spacial score (nSPS) is 11.0. The molecule has 2 amide bonds. The fourth-order valence-electron chi connectivity index (χ4n) is 4.09. The van der Waals surface area contributed by atoms with Crippen LogP contribution in [0.4, 0.5) is 0 Å². The van der Waals surface area contributed by atoms with Crippen molar-refractivity contribution < 1.29 is 9.59 Å². The lowest BCUT2D eigenvalue weighted by Crippen LogP contribution is -2.41. The first-order valence-corrected chi connectivity index (χ1v) is 11.6. The summed E-state index contributed by atoms with van der Waals surface area (Å²) >= 11 is 6.29. The summed E-state index contributed by atoms with van der Waals surface area (Å²) in [5.74, 6) is -0.660. The molecule has 0 saturated heterocycles. The maximum absolute atomic E-state index is 12.3. The Morgan fingerprint density at radius 1 is 0.943 bits per heavy atom. The summed E-state index contributed by atoms with van der Waals surface area (Å²) in [7, 11) is 0. The average Bonchev–Trinajstić information content (AvgIpc) is 3.25. The molecule has 0 saturated carbocycles. The van der Waals surface area contributed by atoms with Crippen LogP contribution in [0.1, 0.15) is 28.8 Å². The van der Waals surface area contributed by atoms with Crippen LogP contribution in [0, 0.1) is 0 Å². The molecule has 174 valence electrons. The molecule has 8 heteroatoms. The molecule has 35 heavy (non-hydrogen) atoms. The number of para-hydroxylation sites is 1. The highest BCUT2D eigenvalue weighted by Gasteiger charge is 2.16. The van der Waals surface area contributed by atoms with Crippen molar-refractivity contribution in [1.29, 1.82) is 0 Å². The van der Waals surface area contributed by atoms with Gasteiger partial charge in [0, 0.05) is 45.7 Å². The summed E-state index contributed by atoms with van der Waals surface area (Å²) in [6.07, 6.45) is 4.50. The largest absolute Gasteiger partial charge is 0.353 e. The van der Waals surface area contributed by atoms with Crippen molar-refractivity contribution in [2.24, 2.45) is 0 Å². The number of aryl methyl sites for hydroxylation is 1. The van der Waals surface area contributed by atoms with E-state index in [9.17, 15) is 9.59 Å². The van der Waals surface area contributed by atoms with Crippen molar-refractivity contribution in [2.45, 2.75) is 19.3 Å². The summed E-state index contributed by atoms with van der Waals surface area (Å²) in [6.45, 7) is 0. The van der Waals surface area contributed by atoms with Crippen LogP contribution < -0.4 is 10.9 Å². The highest BCUT2D eigenvalue weighted by Crippen LogP contribution is 2.33. The predicted octanol–water partition coefficient (Wildman–Crippen LogP) is 5.22. The molecule has 0 spiro atoms. The van der Waals surface area contributed by atoms with Crippen molar-refractivity contribution in [2.75, 3.05) is 0 Å². The first kappa shape index (κ1) is 22.6. The Morgan fingerprint density at radius 2 is 1.77 bits per heavy atom. The van der Waals surface area contributed by atoms with E-state index >= 15 is 0 Å². The smallest absolute Gasteiger partial charge is 0.269 e. The minimum Gasteiger partial charge on any atom is -0.353 e. The van der Waals surface area contributed by atoms with Gasteiger partial charge in [0.25, 0.3) is 5.91 Å². The van der Waals surface area contributed by atoms with Crippen LogP contribution in [0.15, 0.2) is 79.1 Å². The molecule has 2 aromatic carbocycles. The van der Waals surface area contributed by atoms with E-state index in [4.69, 9.17) is 16.6 Å². The van der Waals surface area contributed by atoms with E-state index in [2.05, 4.69) is 26.9 Å². The van der Waals surface area contributed by atoms with Crippen LogP contribution in [0.2, 0.25) is 5.02 Å². The van der Waals surface area contributed by atoms with E-state index < -0.39 is 5.91 Å². The van der Waals surface area contributed by atoms with Gasteiger partial charge in [-0.3, -0.25) is 25.4 Å². The Balaban J connectivity index is 1.32. The molecule has 3 aromatic heterocycles. The molecule has 0 aliphatic heterocycles. The number of halogens is 1. The van der Waals surface area contributed by atoms with E-state index in [1.54, 1.807) is 12.1 Å². The number of H-pyrrole nitrogens is 1. The number of carbonyl (C=O) groups excluding carboxylic acids is 2. The lowest BCUT2D eigenvalue weighted by atomic mass is 10.0. The van der Waals surface area contributed by atoms with E-state index in [-0.39, 0.29) is 12.3 Å². The maximum Gasteiger partial charge on any atom is 0.269 e. The average molecular weight is 484 g/mol. The summed E-state index contributed by atoms with van der Waals surface area (Å²) in [5.41, 5.74) is 10.0. The molecule has 3 heterocycles. The van der Waals surface area contributed by atoms with Crippen LogP contribution in [-0.2, 0) is 11.2 Å². The molecular weight excluding hydrogens is 462 g/mol. The number of aromatic nitrogens is 3. The Hall–Kier alpha value is -4.23. The summed E-state index contributed by atoms with van der Waals surface area (Å²) in [5, 5.41) is 2.73. The molecular formula is C27H22ClN5O2. The second kappa shape index (κ2) is 9.95. The SMILES string of the molecule is O=C(CCCc1c(-c2ccc3ccccc3n2)[nH]c2ccc(Cl)cc12)NNC(=O)c1ccncc1. The summed E-state index contributed by atoms with van der Waals surface area (Å²) < 4.78 is 0. The number of carbonyl (C=O) groups is 2. The topological polar surface area (TPSA) is 99.8 Å². The van der Waals surface area contributed by atoms with Crippen molar-refractivity contribution in [3.8, 4) is 11.4 Å². The van der Waals surface area contributed by atoms with Crippen LogP contribution in [0.3, 0.4) is 0 Å². The lowest BCUT2D eigenvalue weighted by Gasteiger charge is -2.08. The van der Waals surface area contributed by atoms with Gasteiger partial charge in [-0.1, -0.05) is 35.9 Å². The van der Waals surface area contributed by atoms with Crippen molar-refractivity contribution >= 4 is 45.2 Å². The second-order valence-corrected chi connectivity index (χ2v) is 8.59. The van der Waals surface area contributed by atoms with Gasteiger partial charge in [-0.25, -0.2) is 4.98 Å². The van der Waals surface area contributed by atoms with Crippen LogP contribution in [0.5, 0.6) is 0 Å². The zero-order valence-electron chi connectivity index (χ0n) is 18.7. The number of fused-ring (bicyclic) bond motifs is 2. The van der Waals surface area contributed by atoms with Gasteiger partial charge >= 0.3 is 0 Å². The minimum atomic E-state index is -0.392. The molecule has 0 atom stereocenters. The number of hydrogen-bond acceptors (Lipinski definition) is 4. The quantitative estimate of drug-likeness (QED) is 0.288.